The van der Waals surface area contributed by atoms with Crippen molar-refractivity contribution in [2.75, 3.05) is 0 Å². The summed E-state index contributed by atoms with van der Waals surface area (Å²) in [6.07, 6.45) is 5.27. The molecule has 0 aliphatic heterocycles. The van der Waals surface area contributed by atoms with E-state index in [0.717, 1.165) is 5.57 Å². The zero-order valence-electron chi connectivity index (χ0n) is 11.7. The molecule has 0 radical (unpaired) electrons. The Morgan fingerprint density at radius 2 is 1.81 bits per heavy atom. The Bertz CT molecular complexity index is 702. The highest BCUT2D eigenvalue weighted by atomic mass is 35.5. The van der Waals surface area contributed by atoms with Crippen LogP contribution in [-0.2, 0) is 10.1 Å². The molecule has 0 amide bonds. The molecule has 1 aliphatic carbocycles. The van der Waals surface area contributed by atoms with Gasteiger partial charge in [0.15, 0.2) is 0 Å². The predicted octanol–water partition coefficient (Wildman–Crippen LogP) is 4.63. The van der Waals surface area contributed by atoms with Gasteiger partial charge in [-0.1, -0.05) is 53.9 Å². The van der Waals surface area contributed by atoms with E-state index >= 15 is 0 Å². The van der Waals surface area contributed by atoms with Crippen LogP contribution in [-0.4, -0.2) is 17.7 Å². The molecular formula is C15H16Cl2O3S. The quantitative estimate of drug-likeness (QED) is 0.811. The highest BCUT2D eigenvalue weighted by Gasteiger charge is 2.46. The lowest BCUT2D eigenvalue weighted by Crippen LogP contribution is -2.42. The van der Waals surface area contributed by atoms with Crippen LogP contribution in [0.3, 0.4) is 0 Å². The molecule has 1 aromatic carbocycles. The summed E-state index contributed by atoms with van der Waals surface area (Å²) in [7, 11) is -4.30. The third-order valence-corrected chi connectivity index (χ3v) is 6.02. The minimum Gasteiger partial charge on any atom is -0.285 e. The van der Waals surface area contributed by atoms with E-state index in [4.69, 9.17) is 23.2 Å². The van der Waals surface area contributed by atoms with Crippen LogP contribution < -0.4 is 0 Å². The van der Waals surface area contributed by atoms with Gasteiger partial charge in [0.2, 0.25) is 0 Å². The third-order valence-electron chi connectivity index (χ3n) is 3.97. The average Bonchev–Trinajstić information content (AvgIpc) is 2.36. The molecule has 1 unspecified atom stereocenters. The summed E-state index contributed by atoms with van der Waals surface area (Å²) in [5, 5.41) is 0.864. The maximum Gasteiger partial charge on any atom is 0.275 e. The predicted molar refractivity (Wildman–Crippen MR) is 86.7 cm³/mol. The number of allylic oxidation sites excluding steroid dienone is 3. The van der Waals surface area contributed by atoms with Crippen molar-refractivity contribution in [3.8, 4) is 0 Å². The van der Waals surface area contributed by atoms with Crippen molar-refractivity contribution < 1.29 is 13.0 Å². The average molecular weight is 347 g/mol. The van der Waals surface area contributed by atoms with Crippen molar-refractivity contribution in [2.45, 2.75) is 30.9 Å². The zero-order chi connectivity index (χ0) is 15.8. The minimum absolute atomic E-state index is 0.208. The topological polar surface area (TPSA) is 54.4 Å². The SMILES string of the molecule is CC1=CC[C@](C(C)c2cc(Cl)cc(Cl)c2)(S(=O)(=O)O)C=C1. The van der Waals surface area contributed by atoms with Gasteiger partial charge < -0.3 is 0 Å². The van der Waals surface area contributed by atoms with Gasteiger partial charge in [-0.3, -0.25) is 4.55 Å². The summed E-state index contributed by atoms with van der Waals surface area (Å²) in [4.78, 5) is 0. The molecule has 114 valence electrons. The summed E-state index contributed by atoms with van der Waals surface area (Å²) in [5.41, 5.74) is 1.63. The first-order valence-electron chi connectivity index (χ1n) is 6.45. The first kappa shape index (κ1) is 16.6. The lowest BCUT2D eigenvalue weighted by Gasteiger charge is -2.35. The summed E-state index contributed by atoms with van der Waals surface area (Å²) < 4.78 is 32.4. The van der Waals surface area contributed by atoms with Crippen molar-refractivity contribution in [3.63, 3.8) is 0 Å². The minimum atomic E-state index is -4.30. The lowest BCUT2D eigenvalue weighted by molar-refractivity contribution is 0.423. The molecule has 0 saturated carbocycles. The Labute approximate surface area is 135 Å². The van der Waals surface area contributed by atoms with Crippen LogP contribution in [0.5, 0.6) is 0 Å². The van der Waals surface area contributed by atoms with Crippen LogP contribution >= 0.6 is 23.2 Å². The monoisotopic (exact) mass is 346 g/mol. The normalized spacial score (nSPS) is 23.8. The van der Waals surface area contributed by atoms with Crippen molar-refractivity contribution in [1.29, 1.82) is 0 Å². The fraction of sp³-hybridized carbons (Fsp3) is 0.333. The fourth-order valence-electron chi connectivity index (χ4n) is 2.57. The highest BCUT2D eigenvalue weighted by molar-refractivity contribution is 7.87. The molecular weight excluding hydrogens is 331 g/mol. The van der Waals surface area contributed by atoms with Gasteiger partial charge >= 0.3 is 0 Å². The second-order valence-electron chi connectivity index (χ2n) is 5.34. The Morgan fingerprint density at radius 3 is 2.24 bits per heavy atom. The standard InChI is InChI=1S/C15H16Cl2O3S/c1-10-3-5-15(6-4-10,21(18,19)20)11(2)12-7-13(16)9-14(17)8-12/h3-5,7-9,11H,6H2,1-2H3,(H,18,19,20)/t11?,15-/m1/s1. The molecule has 1 N–H and O–H groups in total. The molecule has 1 aromatic rings. The lowest BCUT2D eigenvalue weighted by atomic mass is 9.81. The molecule has 0 spiro atoms. The molecule has 3 nitrogen and oxygen atoms in total. The van der Waals surface area contributed by atoms with Crippen LogP contribution in [0.25, 0.3) is 0 Å². The zero-order valence-corrected chi connectivity index (χ0v) is 14.0. The van der Waals surface area contributed by atoms with Crippen molar-refractivity contribution in [3.05, 3.63) is 57.6 Å². The number of halogens is 2. The van der Waals surface area contributed by atoms with Crippen molar-refractivity contribution in [1.82, 2.24) is 0 Å². The Hall–Kier alpha value is -0.810. The molecule has 0 aromatic heterocycles. The van der Waals surface area contributed by atoms with Crippen LogP contribution in [0.1, 0.15) is 31.7 Å². The van der Waals surface area contributed by atoms with Gasteiger partial charge in [-0.05, 0) is 37.1 Å². The summed E-state index contributed by atoms with van der Waals surface area (Å²) in [6.45, 7) is 3.62. The summed E-state index contributed by atoms with van der Waals surface area (Å²) in [5.74, 6) is -0.496. The molecule has 0 heterocycles. The first-order valence-corrected chi connectivity index (χ1v) is 8.64. The van der Waals surface area contributed by atoms with E-state index in [1.54, 1.807) is 43.4 Å². The van der Waals surface area contributed by atoms with Gasteiger partial charge in [0, 0.05) is 16.0 Å². The van der Waals surface area contributed by atoms with E-state index in [1.165, 1.54) is 0 Å². The number of hydrogen-bond acceptors (Lipinski definition) is 2. The molecule has 2 rings (SSSR count). The second-order valence-corrected chi connectivity index (χ2v) is 7.92. The smallest absolute Gasteiger partial charge is 0.275 e. The fourth-order valence-corrected chi connectivity index (χ4v) is 4.23. The number of hydrogen-bond donors (Lipinski definition) is 1. The van der Waals surface area contributed by atoms with E-state index in [9.17, 15) is 13.0 Å². The second kappa shape index (κ2) is 5.76. The van der Waals surface area contributed by atoms with E-state index in [-0.39, 0.29) is 6.42 Å². The van der Waals surface area contributed by atoms with E-state index in [0.29, 0.717) is 15.6 Å². The molecule has 6 heteroatoms. The maximum absolute atomic E-state index is 12.0. The maximum atomic E-state index is 12.0. The van der Waals surface area contributed by atoms with Crippen molar-refractivity contribution in [2.24, 2.45) is 0 Å². The molecule has 0 fully saturated rings. The van der Waals surface area contributed by atoms with Gasteiger partial charge in [0.25, 0.3) is 10.1 Å². The number of benzene rings is 1. The number of rotatable bonds is 3. The van der Waals surface area contributed by atoms with Crippen LogP contribution in [0.4, 0.5) is 0 Å². The van der Waals surface area contributed by atoms with E-state index < -0.39 is 20.8 Å². The summed E-state index contributed by atoms with van der Waals surface area (Å²) in [6, 6.07) is 4.92. The van der Waals surface area contributed by atoms with Gasteiger partial charge in [-0.25, -0.2) is 0 Å². The van der Waals surface area contributed by atoms with Crippen LogP contribution in [0.15, 0.2) is 42.0 Å². The molecule has 2 atom stereocenters. The van der Waals surface area contributed by atoms with Gasteiger partial charge in [0.1, 0.15) is 4.75 Å². The van der Waals surface area contributed by atoms with Crippen LogP contribution in [0.2, 0.25) is 10.0 Å². The molecule has 0 saturated heterocycles. The Kier molecular flexibility index (Phi) is 4.54. The van der Waals surface area contributed by atoms with Gasteiger partial charge in [-0.15, -0.1) is 0 Å². The molecule has 1 aliphatic rings. The summed E-state index contributed by atoms with van der Waals surface area (Å²) >= 11 is 12.0. The molecule has 0 bridgehead atoms. The Morgan fingerprint density at radius 1 is 1.24 bits per heavy atom. The van der Waals surface area contributed by atoms with Crippen LogP contribution in [0, 0.1) is 0 Å². The van der Waals surface area contributed by atoms with Crippen molar-refractivity contribution >= 4 is 33.3 Å². The Balaban J connectivity index is 2.55. The largest absolute Gasteiger partial charge is 0.285 e. The molecule has 21 heavy (non-hydrogen) atoms. The van der Waals surface area contributed by atoms with E-state index in [1.807, 2.05) is 6.92 Å². The van der Waals surface area contributed by atoms with Gasteiger partial charge in [-0.2, -0.15) is 8.42 Å². The highest BCUT2D eigenvalue weighted by Crippen LogP contribution is 2.42. The van der Waals surface area contributed by atoms with Gasteiger partial charge in [0.05, 0.1) is 0 Å². The third kappa shape index (κ3) is 3.19. The van der Waals surface area contributed by atoms with E-state index in [2.05, 4.69) is 0 Å². The first-order chi connectivity index (χ1) is 9.65.